The third-order valence-electron chi connectivity index (χ3n) is 3.95. The van der Waals surface area contributed by atoms with E-state index in [1.54, 1.807) is 0 Å². The Bertz CT molecular complexity index is 394. The van der Waals surface area contributed by atoms with Crippen LogP contribution in [0.15, 0.2) is 18.2 Å². The lowest BCUT2D eigenvalue weighted by Gasteiger charge is -2.29. The van der Waals surface area contributed by atoms with Crippen molar-refractivity contribution < 1.29 is 4.79 Å². The van der Waals surface area contributed by atoms with Crippen molar-refractivity contribution in [2.24, 2.45) is 11.1 Å². The number of rotatable bonds is 5. The maximum Gasteiger partial charge on any atom is 0.231 e. The number of benzene rings is 1. The average molecular weight is 248 g/mol. The summed E-state index contributed by atoms with van der Waals surface area (Å²) in [6, 6.07) is 6.01. The molecule has 0 fully saturated rings. The highest BCUT2D eigenvalue weighted by molar-refractivity contribution is 5.96. The van der Waals surface area contributed by atoms with Gasteiger partial charge < -0.3 is 11.1 Å². The Morgan fingerprint density at radius 1 is 1.22 bits per heavy atom. The van der Waals surface area contributed by atoms with Crippen LogP contribution >= 0.6 is 0 Å². The standard InChI is InChI=1S/C15H24N2O/c1-5-15(6-2,10-16)14(18)17-13-11(3)8-7-9-12(13)4/h7-9H,5-6,10,16H2,1-4H3,(H,17,18). The van der Waals surface area contributed by atoms with Gasteiger partial charge in [0.2, 0.25) is 5.91 Å². The molecule has 0 saturated carbocycles. The van der Waals surface area contributed by atoms with Crippen molar-refractivity contribution in [2.75, 3.05) is 11.9 Å². The Labute approximate surface area is 110 Å². The number of aryl methyl sites for hydroxylation is 2. The van der Waals surface area contributed by atoms with Crippen LogP contribution in [0.4, 0.5) is 5.69 Å². The number of hydrogen-bond donors (Lipinski definition) is 2. The van der Waals surface area contributed by atoms with Crippen molar-refractivity contribution in [3.05, 3.63) is 29.3 Å². The first-order valence-electron chi connectivity index (χ1n) is 6.58. The molecule has 100 valence electrons. The van der Waals surface area contributed by atoms with E-state index < -0.39 is 5.41 Å². The van der Waals surface area contributed by atoms with Gasteiger partial charge in [-0.25, -0.2) is 0 Å². The monoisotopic (exact) mass is 248 g/mol. The van der Waals surface area contributed by atoms with E-state index in [2.05, 4.69) is 5.32 Å². The van der Waals surface area contributed by atoms with Crippen LogP contribution in [-0.4, -0.2) is 12.5 Å². The van der Waals surface area contributed by atoms with Crippen molar-refractivity contribution in [3.63, 3.8) is 0 Å². The van der Waals surface area contributed by atoms with Gasteiger partial charge in [0, 0.05) is 12.2 Å². The first kappa shape index (κ1) is 14.7. The topological polar surface area (TPSA) is 55.1 Å². The molecule has 3 nitrogen and oxygen atoms in total. The lowest BCUT2D eigenvalue weighted by molar-refractivity contribution is -0.125. The fraction of sp³-hybridized carbons (Fsp3) is 0.533. The molecule has 3 N–H and O–H groups in total. The van der Waals surface area contributed by atoms with Crippen LogP contribution in [0.25, 0.3) is 0 Å². The second-order valence-corrected chi connectivity index (χ2v) is 4.91. The number of nitrogens with two attached hydrogens (primary N) is 1. The maximum absolute atomic E-state index is 12.4. The summed E-state index contributed by atoms with van der Waals surface area (Å²) in [5, 5.41) is 3.05. The third-order valence-corrected chi connectivity index (χ3v) is 3.95. The van der Waals surface area contributed by atoms with Gasteiger partial charge in [0.25, 0.3) is 0 Å². The van der Waals surface area contributed by atoms with Gasteiger partial charge in [0.05, 0.1) is 5.41 Å². The zero-order valence-corrected chi connectivity index (χ0v) is 11.8. The zero-order valence-electron chi connectivity index (χ0n) is 11.8. The predicted octanol–water partition coefficient (Wildman–Crippen LogP) is 3.01. The van der Waals surface area contributed by atoms with Crippen molar-refractivity contribution in [2.45, 2.75) is 40.5 Å². The molecular weight excluding hydrogens is 224 g/mol. The SMILES string of the molecule is CCC(CC)(CN)C(=O)Nc1c(C)cccc1C. The molecule has 0 saturated heterocycles. The third kappa shape index (κ3) is 2.72. The zero-order chi connectivity index (χ0) is 13.8. The van der Waals surface area contributed by atoms with Gasteiger partial charge in [-0.1, -0.05) is 32.0 Å². The van der Waals surface area contributed by atoms with Gasteiger partial charge in [-0.15, -0.1) is 0 Å². The molecule has 0 aliphatic carbocycles. The largest absolute Gasteiger partial charge is 0.329 e. The van der Waals surface area contributed by atoms with E-state index in [4.69, 9.17) is 5.73 Å². The Hall–Kier alpha value is -1.35. The minimum Gasteiger partial charge on any atom is -0.329 e. The van der Waals surface area contributed by atoms with Crippen molar-refractivity contribution in [3.8, 4) is 0 Å². The molecule has 18 heavy (non-hydrogen) atoms. The van der Waals surface area contributed by atoms with Gasteiger partial charge >= 0.3 is 0 Å². The van der Waals surface area contributed by atoms with Crippen LogP contribution in [-0.2, 0) is 4.79 Å². The first-order valence-corrected chi connectivity index (χ1v) is 6.58. The Balaban J connectivity index is 3.00. The quantitative estimate of drug-likeness (QED) is 0.841. The van der Waals surface area contributed by atoms with E-state index in [0.717, 1.165) is 29.7 Å². The normalized spacial score (nSPS) is 11.4. The number of nitrogens with one attached hydrogen (secondary N) is 1. The second kappa shape index (κ2) is 6.01. The summed E-state index contributed by atoms with van der Waals surface area (Å²) >= 11 is 0. The molecular formula is C15H24N2O. The molecule has 0 aliphatic heterocycles. The van der Waals surface area contributed by atoms with Crippen LogP contribution in [0.2, 0.25) is 0 Å². The highest BCUT2D eigenvalue weighted by Crippen LogP contribution is 2.28. The lowest BCUT2D eigenvalue weighted by Crippen LogP contribution is -2.41. The Morgan fingerprint density at radius 2 is 1.72 bits per heavy atom. The van der Waals surface area contributed by atoms with Gasteiger partial charge in [-0.05, 0) is 37.8 Å². The van der Waals surface area contributed by atoms with Gasteiger partial charge in [-0.2, -0.15) is 0 Å². The minimum atomic E-state index is -0.450. The average Bonchev–Trinajstić information content (AvgIpc) is 2.37. The summed E-state index contributed by atoms with van der Waals surface area (Å²) in [5.41, 5.74) is 8.44. The molecule has 0 spiro atoms. The van der Waals surface area contributed by atoms with Crippen LogP contribution in [0.5, 0.6) is 0 Å². The summed E-state index contributed by atoms with van der Waals surface area (Å²) < 4.78 is 0. The fourth-order valence-corrected chi connectivity index (χ4v) is 2.21. The predicted molar refractivity (Wildman–Crippen MR) is 76.6 cm³/mol. The van der Waals surface area contributed by atoms with E-state index in [-0.39, 0.29) is 5.91 Å². The van der Waals surface area contributed by atoms with Crippen LogP contribution in [0, 0.1) is 19.3 Å². The van der Waals surface area contributed by atoms with E-state index in [9.17, 15) is 4.79 Å². The van der Waals surface area contributed by atoms with Crippen molar-refractivity contribution in [1.82, 2.24) is 0 Å². The molecule has 1 amide bonds. The summed E-state index contributed by atoms with van der Waals surface area (Å²) in [7, 11) is 0. The number of anilines is 1. The maximum atomic E-state index is 12.4. The minimum absolute atomic E-state index is 0.0346. The molecule has 0 radical (unpaired) electrons. The van der Waals surface area contributed by atoms with Crippen molar-refractivity contribution in [1.29, 1.82) is 0 Å². The second-order valence-electron chi connectivity index (χ2n) is 4.91. The summed E-state index contributed by atoms with van der Waals surface area (Å²) in [5.74, 6) is 0.0346. The van der Waals surface area contributed by atoms with Crippen LogP contribution in [0.3, 0.4) is 0 Å². The van der Waals surface area contributed by atoms with Crippen molar-refractivity contribution >= 4 is 11.6 Å². The molecule has 1 aromatic rings. The highest BCUT2D eigenvalue weighted by atomic mass is 16.2. The smallest absolute Gasteiger partial charge is 0.231 e. The summed E-state index contributed by atoms with van der Waals surface area (Å²) in [4.78, 5) is 12.4. The number of amides is 1. The number of carbonyl (C=O) groups excluding carboxylic acids is 1. The van der Waals surface area contributed by atoms with Gasteiger partial charge in [0.15, 0.2) is 0 Å². The molecule has 3 heteroatoms. The van der Waals surface area contributed by atoms with E-state index in [1.165, 1.54) is 0 Å². The van der Waals surface area contributed by atoms with Crippen LogP contribution in [0.1, 0.15) is 37.8 Å². The molecule has 1 rings (SSSR count). The Morgan fingerprint density at radius 3 is 2.11 bits per heavy atom. The highest BCUT2D eigenvalue weighted by Gasteiger charge is 2.33. The number of hydrogen-bond acceptors (Lipinski definition) is 2. The molecule has 0 heterocycles. The van der Waals surface area contributed by atoms with E-state index in [1.807, 2.05) is 45.9 Å². The molecule has 0 bridgehead atoms. The van der Waals surface area contributed by atoms with E-state index in [0.29, 0.717) is 6.54 Å². The molecule has 0 aromatic heterocycles. The lowest BCUT2D eigenvalue weighted by atomic mass is 9.81. The number of para-hydroxylation sites is 1. The first-order chi connectivity index (χ1) is 8.50. The molecule has 0 unspecified atom stereocenters. The fourth-order valence-electron chi connectivity index (χ4n) is 2.21. The molecule has 0 aliphatic rings. The summed E-state index contributed by atoms with van der Waals surface area (Å²) in [6.07, 6.45) is 1.52. The molecule has 0 atom stereocenters. The molecule has 1 aromatic carbocycles. The van der Waals surface area contributed by atoms with Gasteiger partial charge in [0.1, 0.15) is 0 Å². The Kier molecular flexibility index (Phi) is 4.91. The van der Waals surface area contributed by atoms with Gasteiger partial charge in [-0.3, -0.25) is 4.79 Å². The summed E-state index contributed by atoms with van der Waals surface area (Å²) in [6.45, 7) is 8.42. The van der Waals surface area contributed by atoms with E-state index >= 15 is 0 Å². The van der Waals surface area contributed by atoms with Crippen LogP contribution < -0.4 is 11.1 Å². The number of carbonyl (C=O) groups is 1.